The van der Waals surface area contributed by atoms with E-state index in [1.807, 2.05) is 30.1 Å². The Labute approximate surface area is 170 Å². The van der Waals surface area contributed by atoms with Crippen molar-refractivity contribution in [3.05, 3.63) is 66.0 Å². The Hall–Kier alpha value is -2.29. The Morgan fingerprint density at radius 3 is 2.55 bits per heavy atom. The van der Waals surface area contributed by atoms with Crippen molar-refractivity contribution in [3.63, 3.8) is 0 Å². The molecule has 0 unspecified atom stereocenters. The number of benzene rings is 2. The second-order valence-electron chi connectivity index (χ2n) is 7.87. The molecule has 6 nitrogen and oxygen atoms in total. The van der Waals surface area contributed by atoms with Crippen LogP contribution in [0.15, 0.2) is 54.6 Å². The fourth-order valence-electron chi connectivity index (χ4n) is 4.21. The molecule has 2 aliphatic heterocycles. The molecular weight excluding hydrogens is 393 g/mol. The number of sulfonamides is 1. The lowest BCUT2D eigenvalue weighted by Crippen LogP contribution is -2.64. The van der Waals surface area contributed by atoms with Crippen molar-refractivity contribution in [1.29, 1.82) is 0 Å². The van der Waals surface area contributed by atoms with Crippen molar-refractivity contribution < 1.29 is 17.6 Å². The fraction of sp³-hybridized carbons (Fsp3) is 0.381. The first-order valence-corrected chi connectivity index (χ1v) is 11.2. The Morgan fingerprint density at radius 1 is 1.07 bits per heavy atom. The lowest BCUT2D eigenvalue weighted by Gasteiger charge is -2.46. The zero-order valence-electron chi connectivity index (χ0n) is 16.3. The third kappa shape index (κ3) is 3.92. The SMILES string of the molecule is CN1CC(=O)N(c2cccc(F)c2)C[C@]12CCN(S(=O)(=O)Cc1ccccc1)C2. The number of hydrogen-bond donors (Lipinski definition) is 0. The van der Waals surface area contributed by atoms with Crippen LogP contribution in [0.5, 0.6) is 0 Å². The van der Waals surface area contributed by atoms with E-state index in [4.69, 9.17) is 0 Å². The normalized spacial score (nSPS) is 23.8. The molecule has 2 saturated heterocycles. The average Bonchev–Trinajstić information content (AvgIpc) is 3.12. The van der Waals surface area contributed by atoms with Crippen LogP contribution in [0.2, 0.25) is 0 Å². The van der Waals surface area contributed by atoms with E-state index in [0.29, 0.717) is 31.7 Å². The number of amides is 1. The zero-order chi connectivity index (χ0) is 20.6. The maximum Gasteiger partial charge on any atom is 0.241 e. The summed E-state index contributed by atoms with van der Waals surface area (Å²) in [4.78, 5) is 16.1. The number of carbonyl (C=O) groups is 1. The van der Waals surface area contributed by atoms with E-state index < -0.39 is 21.4 Å². The van der Waals surface area contributed by atoms with Crippen molar-refractivity contribution in [2.24, 2.45) is 0 Å². The van der Waals surface area contributed by atoms with Crippen LogP contribution in [0.1, 0.15) is 12.0 Å². The minimum atomic E-state index is -3.47. The number of rotatable bonds is 4. The Kier molecular flexibility index (Phi) is 5.18. The zero-order valence-corrected chi connectivity index (χ0v) is 17.1. The number of piperazine rings is 1. The van der Waals surface area contributed by atoms with Gasteiger partial charge in [0.25, 0.3) is 0 Å². The molecule has 1 amide bonds. The van der Waals surface area contributed by atoms with Crippen molar-refractivity contribution in [1.82, 2.24) is 9.21 Å². The molecule has 29 heavy (non-hydrogen) atoms. The largest absolute Gasteiger partial charge is 0.309 e. The molecule has 154 valence electrons. The first-order valence-electron chi connectivity index (χ1n) is 9.58. The van der Waals surface area contributed by atoms with Crippen LogP contribution in [0.25, 0.3) is 0 Å². The quantitative estimate of drug-likeness (QED) is 0.764. The maximum absolute atomic E-state index is 13.7. The number of halogens is 1. The van der Waals surface area contributed by atoms with Crippen LogP contribution in [-0.4, -0.2) is 62.3 Å². The van der Waals surface area contributed by atoms with E-state index in [9.17, 15) is 17.6 Å². The van der Waals surface area contributed by atoms with Crippen molar-refractivity contribution >= 4 is 21.6 Å². The third-order valence-electron chi connectivity index (χ3n) is 5.94. The third-order valence-corrected chi connectivity index (χ3v) is 7.73. The molecule has 2 aromatic carbocycles. The van der Waals surface area contributed by atoms with Gasteiger partial charge in [-0.2, -0.15) is 4.31 Å². The Bertz CT molecular complexity index is 1010. The lowest BCUT2D eigenvalue weighted by molar-refractivity contribution is -0.123. The highest BCUT2D eigenvalue weighted by Crippen LogP contribution is 2.35. The van der Waals surface area contributed by atoms with Gasteiger partial charge in [-0.05, 0) is 37.2 Å². The second-order valence-corrected chi connectivity index (χ2v) is 9.83. The summed E-state index contributed by atoms with van der Waals surface area (Å²) in [6.07, 6.45) is 0.622. The molecule has 8 heteroatoms. The number of anilines is 1. The van der Waals surface area contributed by atoms with E-state index in [2.05, 4.69) is 0 Å². The molecule has 4 rings (SSSR count). The summed E-state index contributed by atoms with van der Waals surface area (Å²) in [6.45, 7) is 1.23. The molecule has 0 aliphatic carbocycles. The van der Waals surface area contributed by atoms with Crippen LogP contribution in [0.3, 0.4) is 0 Å². The molecule has 0 aromatic heterocycles. The fourth-order valence-corrected chi connectivity index (χ4v) is 5.81. The summed E-state index contributed by atoms with van der Waals surface area (Å²) in [5.41, 5.74) is 0.777. The minimum absolute atomic E-state index is 0.0415. The Morgan fingerprint density at radius 2 is 1.83 bits per heavy atom. The molecule has 0 bridgehead atoms. The molecule has 1 spiro atoms. The molecule has 2 aromatic rings. The van der Waals surface area contributed by atoms with E-state index in [1.54, 1.807) is 29.2 Å². The Balaban J connectivity index is 1.55. The van der Waals surface area contributed by atoms with Gasteiger partial charge in [-0.25, -0.2) is 12.8 Å². The number of nitrogens with zero attached hydrogens (tertiary/aromatic N) is 3. The first-order chi connectivity index (χ1) is 13.8. The van der Waals surface area contributed by atoms with E-state index in [0.717, 1.165) is 5.56 Å². The summed E-state index contributed by atoms with van der Waals surface area (Å²) >= 11 is 0. The molecule has 0 N–H and O–H groups in total. The molecule has 1 atom stereocenters. The molecular formula is C21H24FN3O3S. The number of likely N-dealkylation sites (N-methyl/N-ethyl adjacent to an activating group) is 1. The standard InChI is InChI=1S/C21H24FN3O3S/c1-23-13-20(26)25(19-9-5-8-18(22)12-19)16-21(23)10-11-24(15-21)29(27,28)14-17-6-3-2-4-7-17/h2-9,12H,10-11,13-16H2,1H3/t21-/m1/s1. The topological polar surface area (TPSA) is 60.9 Å². The molecule has 2 fully saturated rings. The van der Waals surface area contributed by atoms with Gasteiger partial charge in [0.1, 0.15) is 5.82 Å². The van der Waals surface area contributed by atoms with Crippen LogP contribution < -0.4 is 4.90 Å². The predicted molar refractivity (Wildman–Crippen MR) is 109 cm³/mol. The predicted octanol–water partition coefficient (Wildman–Crippen LogP) is 2.08. The van der Waals surface area contributed by atoms with Crippen LogP contribution in [-0.2, 0) is 20.6 Å². The second kappa shape index (κ2) is 7.51. The molecule has 0 saturated carbocycles. The van der Waals surface area contributed by atoms with E-state index in [1.165, 1.54) is 16.4 Å². The van der Waals surface area contributed by atoms with Gasteiger partial charge in [0.2, 0.25) is 15.9 Å². The van der Waals surface area contributed by atoms with Crippen molar-refractivity contribution in [2.75, 3.05) is 38.1 Å². The molecule has 2 aliphatic rings. The van der Waals surface area contributed by atoms with Gasteiger partial charge in [-0.15, -0.1) is 0 Å². The van der Waals surface area contributed by atoms with Gasteiger partial charge in [0.05, 0.1) is 17.8 Å². The van der Waals surface area contributed by atoms with Crippen LogP contribution in [0.4, 0.5) is 10.1 Å². The van der Waals surface area contributed by atoms with E-state index in [-0.39, 0.29) is 18.2 Å². The summed E-state index contributed by atoms with van der Waals surface area (Å²) in [5, 5.41) is 0. The monoisotopic (exact) mass is 417 g/mol. The smallest absolute Gasteiger partial charge is 0.241 e. The summed E-state index contributed by atoms with van der Waals surface area (Å²) in [6, 6.07) is 15.1. The van der Waals surface area contributed by atoms with Gasteiger partial charge in [-0.1, -0.05) is 36.4 Å². The molecule has 2 heterocycles. The van der Waals surface area contributed by atoms with Gasteiger partial charge >= 0.3 is 0 Å². The maximum atomic E-state index is 13.7. The number of carbonyl (C=O) groups excluding carboxylic acids is 1. The average molecular weight is 418 g/mol. The van der Waals surface area contributed by atoms with Gasteiger partial charge in [-0.3, -0.25) is 9.69 Å². The molecule has 0 radical (unpaired) electrons. The van der Waals surface area contributed by atoms with Gasteiger partial charge in [0.15, 0.2) is 0 Å². The van der Waals surface area contributed by atoms with Crippen LogP contribution >= 0.6 is 0 Å². The van der Waals surface area contributed by atoms with Crippen molar-refractivity contribution in [3.8, 4) is 0 Å². The highest BCUT2D eigenvalue weighted by Gasteiger charge is 2.50. The number of hydrogen-bond acceptors (Lipinski definition) is 4. The highest BCUT2D eigenvalue weighted by molar-refractivity contribution is 7.88. The summed E-state index contributed by atoms with van der Waals surface area (Å²) in [5.74, 6) is -0.559. The van der Waals surface area contributed by atoms with Crippen LogP contribution in [0, 0.1) is 5.82 Å². The van der Waals surface area contributed by atoms with Gasteiger partial charge < -0.3 is 4.90 Å². The lowest BCUT2D eigenvalue weighted by atomic mass is 9.92. The highest BCUT2D eigenvalue weighted by atomic mass is 32.2. The van der Waals surface area contributed by atoms with Crippen molar-refractivity contribution in [2.45, 2.75) is 17.7 Å². The summed E-state index contributed by atoms with van der Waals surface area (Å²) < 4.78 is 41.2. The first kappa shape index (κ1) is 20.0. The minimum Gasteiger partial charge on any atom is -0.309 e. The van der Waals surface area contributed by atoms with E-state index >= 15 is 0 Å². The van der Waals surface area contributed by atoms with Gasteiger partial charge in [0, 0.05) is 25.3 Å². The summed E-state index contributed by atoms with van der Waals surface area (Å²) in [7, 11) is -1.62.